The Hall–Kier alpha value is -5.87. The summed E-state index contributed by atoms with van der Waals surface area (Å²) in [5.74, 6) is 0.655. The molecule has 0 aliphatic carbocycles. The van der Waals surface area contributed by atoms with Crippen LogP contribution in [0, 0.1) is 0 Å². The van der Waals surface area contributed by atoms with Gasteiger partial charge in [-0.3, -0.25) is 9.88 Å². The second-order valence-electron chi connectivity index (χ2n) is 10.9. The fraction of sp³-hybridized carbons (Fsp3) is 0. The number of aromatic nitrogens is 3. The predicted molar refractivity (Wildman–Crippen MR) is 177 cm³/mol. The molecule has 1 aliphatic heterocycles. The molecule has 9 rings (SSSR count). The fourth-order valence-corrected chi connectivity index (χ4v) is 6.49. The van der Waals surface area contributed by atoms with Crippen LogP contribution < -0.4 is 4.90 Å². The van der Waals surface area contributed by atoms with Gasteiger partial charge in [-0.2, -0.15) is 0 Å². The van der Waals surface area contributed by atoms with E-state index in [-0.39, 0.29) is 0 Å². The first-order valence-corrected chi connectivity index (χ1v) is 14.5. The van der Waals surface area contributed by atoms with Crippen LogP contribution in [0.1, 0.15) is 0 Å². The molecule has 8 aromatic rings. The summed E-state index contributed by atoms with van der Waals surface area (Å²) in [6.45, 7) is 0. The van der Waals surface area contributed by atoms with Crippen LogP contribution >= 0.6 is 0 Å². The van der Waals surface area contributed by atoms with Gasteiger partial charge in [0.05, 0.1) is 28.3 Å². The maximum Gasteiger partial charge on any atom is 0.235 e. The first-order chi connectivity index (χ1) is 21.3. The van der Waals surface area contributed by atoms with E-state index >= 15 is 0 Å². The van der Waals surface area contributed by atoms with Crippen molar-refractivity contribution < 1.29 is 0 Å². The minimum atomic E-state index is 0.655. The molecule has 4 heteroatoms. The number of nitrogens with zero attached hydrogens (tertiary/aromatic N) is 4. The van der Waals surface area contributed by atoms with E-state index in [9.17, 15) is 0 Å². The third kappa shape index (κ3) is 3.67. The van der Waals surface area contributed by atoms with Gasteiger partial charge in [-0.15, -0.1) is 0 Å². The Morgan fingerprint density at radius 3 is 2.09 bits per heavy atom. The molecule has 0 saturated carbocycles. The van der Waals surface area contributed by atoms with Gasteiger partial charge < -0.3 is 0 Å². The van der Waals surface area contributed by atoms with Crippen molar-refractivity contribution in [2.45, 2.75) is 0 Å². The van der Waals surface area contributed by atoms with Crippen LogP contribution in [0.25, 0.3) is 66.1 Å². The molecule has 0 fully saturated rings. The zero-order valence-electron chi connectivity index (χ0n) is 23.1. The Labute approximate surface area is 248 Å². The highest BCUT2D eigenvalue weighted by Gasteiger charge is 2.29. The number of para-hydroxylation sites is 1. The van der Waals surface area contributed by atoms with Crippen molar-refractivity contribution in [2.75, 3.05) is 4.90 Å². The van der Waals surface area contributed by atoms with E-state index in [0.717, 1.165) is 44.8 Å². The molecule has 0 N–H and O–H groups in total. The summed E-state index contributed by atoms with van der Waals surface area (Å²) in [6, 6.07) is 48.9. The van der Waals surface area contributed by atoms with E-state index in [1.807, 2.05) is 30.5 Å². The van der Waals surface area contributed by atoms with Crippen molar-refractivity contribution in [1.82, 2.24) is 15.0 Å². The van der Waals surface area contributed by atoms with Crippen LogP contribution in [0.4, 0.5) is 17.3 Å². The molecule has 0 saturated heterocycles. The first kappa shape index (κ1) is 23.8. The van der Waals surface area contributed by atoms with Crippen molar-refractivity contribution in [3.8, 4) is 33.6 Å². The number of pyridine rings is 1. The highest BCUT2D eigenvalue weighted by molar-refractivity contribution is 6.18. The van der Waals surface area contributed by atoms with E-state index in [1.165, 1.54) is 32.7 Å². The Morgan fingerprint density at radius 2 is 1.23 bits per heavy atom. The maximum absolute atomic E-state index is 5.36. The van der Waals surface area contributed by atoms with Crippen LogP contribution in [0.15, 0.2) is 146 Å². The van der Waals surface area contributed by atoms with Crippen LogP contribution in [-0.4, -0.2) is 15.0 Å². The number of hydrogen-bond donors (Lipinski definition) is 0. The average Bonchev–Trinajstić information content (AvgIpc) is 3.08. The highest BCUT2D eigenvalue weighted by Crippen LogP contribution is 2.52. The van der Waals surface area contributed by atoms with Gasteiger partial charge in [0, 0.05) is 39.0 Å². The molecule has 200 valence electrons. The van der Waals surface area contributed by atoms with Gasteiger partial charge in [0.2, 0.25) is 5.95 Å². The number of rotatable bonds is 3. The summed E-state index contributed by atoms with van der Waals surface area (Å²) in [4.78, 5) is 17.4. The molecule has 1 aliphatic rings. The summed E-state index contributed by atoms with van der Waals surface area (Å²) >= 11 is 0. The van der Waals surface area contributed by atoms with Gasteiger partial charge in [0.1, 0.15) is 0 Å². The molecule has 0 unspecified atom stereocenters. The van der Waals surface area contributed by atoms with Gasteiger partial charge in [-0.25, -0.2) is 9.97 Å². The van der Waals surface area contributed by atoms with Gasteiger partial charge in [0.15, 0.2) is 0 Å². The lowest BCUT2D eigenvalue weighted by Crippen LogP contribution is -2.18. The van der Waals surface area contributed by atoms with E-state index in [4.69, 9.17) is 9.97 Å². The molecule has 2 aromatic heterocycles. The Morgan fingerprint density at radius 1 is 0.488 bits per heavy atom. The molecule has 4 nitrogen and oxygen atoms in total. The molecule has 3 heterocycles. The normalized spacial score (nSPS) is 12.1. The topological polar surface area (TPSA) is 41.9 Å². The fourth-order valence-electron chi connectivity index (χ4n) is 6.49. The van der Waals surface area contributed by atoms with Crippen molar-refractivity contribution >= 4 is 49.8 Å². The number of benzene rings is 6. The van der Waals surface area contributed by atoms with E-state index in [0.29, 0.717) is 5.95 Å². The lowest BCUT2D eigenvalue weighted by atomic mass is 9.89. The Balaban J connectivity index is 1.33. The summed E-state index contributed by atoms with van der Waals surface area (Å²) in [6.07, 6.45) is 1.83. The Bertz CT molecular complexity index is 2340. The first-order valence-electron chi connectivity index (χ1n) is 14.5. The lowest BCUT2D eigenvalue weighted by molar-refractivity contribution is 1.12. The second-order valence-corrected chi connectivity index (χ2v) is 10.9. The van der Waals surface area contributed by atoms with Crippen LogP contribution in [-0.2, 0) is 0 Å². The molecule has 6 aromatic carbocycles. The molecular weight excluding hydrogens is 524 g/mol. The third-order valence-corrected chi connectivity index (χ3v) is 8.45. The zero-order valence-corrected chi connectivity index (χ0v) is 23.1. The quantitative estimate of drug-likeness (QED) is 0.220. The Kier molecular flexibility index (Phi) is 5.16. The third-order valence-electron chi connectivity index (χ3n) is 8.45. The smallest absolute Gasteiger partial charge is 0.235 e. The molecule has 0 amide bonds. The minimum absolute atomic E-state index is 0.655. The van der Waals surface area contributed by atoms with Gasteiger partial charge in [-0.1, -0.05) is 115 Å². The summed E-state index contributed by atoms with van der Waals surface area (Å²) in [5.41, 5.74) is 9.48. The number of hydrogen-bond acceptors (Lipinski definition) is 4. The average molecular weight is 549 g/mol. The van der Waals surface area contributed by atoms with Crippen molar-refractivity contribution in [3.63, 3.8) is 0 Å². The summed E-state index contributed by atoms with van der Waals surface area (Å²) < 4.78 is 0. The molecule has 0 atom stereocenters. The largest absolute Gasteiger partial charge is 0.277 e. The molecule has 0 radical (unpaired) electrons. The number of fused-ring (bicyclic) bond motifs is 5. The maximum atomic E-state index is 5.36. The van der Waals surface area contributed by atoms with Crippen molar-refractivity contribution in [1.29, 1.82) is 0 Å². The molecular formula is C39H24N4. The van der Waals surface area contributed by atoms with Crippen LogP contribution in [0.5, 0.6) is 0 Å². The minimum Gasteiger partial charge on any atom is -0.277 e. The van der Waals surface area contributed by atoms with Gasteiger partial charge in [-0.05, 0) is 40.6 Å². The molecule has 0 spiro atoms. The predicted octanol–water partition coefficient (Wildman–Crippen LogP) is 10.1. The van der Waals surface area contributed by atoms with E-state index in [1.54, 1.807) is 0 Å². The van der Waals surface area contributed by atoms with E-state index in [2.05, 4.69) is 125 Å². The lowest BCUT2D eigenvalue weighted by Gasteiger charge is -2.33. The summed E-state index contributed by atoms with van der Waals surface area (Å²) in [5, 5.41) is 5.79. The van der Waals surface area contributed by atoms with Gasteiger partial charge in [0.25, 0.3) is 0 Å². The zero-order chi connectivity index (χ0) is 28.3. The standard InChI is InChI=1S/C39H24N4/c1-2-12-29-25(9-1)22-23-31-30-14-7-10-27-11-8-17-35(36(27)30)43(38(29)31)39-41-34-16-4-3-13-32(34)37(42-39)28-20-18-26(19-21-28)33-15-5-6-24-40-33/h1-24H. The van der Waals surface area contributed by atoms with Crippen molar-refractivity contribution in [3.05, 3.63) is 146 Å². The summed E-state index contributed by atoms with van der Waals surface area (Å²) in [7, 11) is 0. The van der Waals surface area contributed by atoms with E-state index < -0.39 is 0 Å². The monoisotopic (exact) mass is 548 g/mol. The molecule has 0 bridgehead atoms. The molecule has 43 heavy (non-hydrogen) atoms. The number of anilines is 3. The van der Waals surface area contributed by atoms with Gasteiger partial charge >= 0.3 is 0 Å². The van der Waals surface area contributed by atoms with Crippen LogP contribution in [0.2, 0.25) is 0 Å². The SMILES string of the molecule is c1ccc(-c2ccc(-c3nc(N4c5c(ccc6ccccc56)-c5cccc6cccc4c56)nc4ccccc34)cc2)nc1. The van der Waals surface area contributed by atoms with Crippen LogP contribution in [0.3, 0.4) is 0 Å². The highest BCUT2D eigenvalue weighted by atomic mass is 15.3. The van der Waals surface area contributed by atoms with Crippen molar-refractivity contribution in [2.24, 2.45) is 0 Å². The second kappa shape index (κ2) is 9.33.